The minimum Gasteiger partial charge on any atom is -0.456 e. The maximum Gasteiger partial charge on any atom is 0.338 e. The maximum absolute atomic E-state index is 11.7. The molecule has 2 amide bonds. The Labute approximate surface area is 207 Å². The number of carbonyl (C=O) groups is 3. The molecule has 2 N–H and O–H groups in total. The molecule has 34 heavy (non-hydrogen) atoms. The van der Waals surface area contributed by atoms with Crippen LogP contribution in [0.4, 0.5) is 0 Å². The fourth-order valence-corrected chi connectivity index (χ4v) is 3.28. The Hall–Kier alpha value is -2.37. The highest BCUT2D eigenvalue weighted by molar-refractivity contribution is 5.89. The van der Waals surface area contributed by atoms with Crippen LogP contribution in [-0.2, 0) is 14.3 Å². The first-order chi connectivity index (χ1) is 15.4. The number of esters is 1. The Balaban J connectivity index is 0.000000497. The molecule has 6 nitrogen and oxygen atoms in total. The molecule has 1 aromatic rings. The first kappa shape index (κ1) is 31.6. The van der Waals surface area contributed by atoms with Crippen molar-refractivity contribution in [3.63, 3.8) is 0 Å². The van der Waals surface area contributed by atoms with E-state index in [4.69, 9.17) is 4.74 Å². The molecule has 0 spiro atoms. The molecule has 1 fully saturated rings. The lowest BCUT2D eigenvalue weighted by Crippen LogP contribution is -2.44. The Kier molecular flexibility index (Phi) is 13.1. The Morgan fingerprint density at radius 2 is 1.24 bits per heavy atom. The third-order valence-corrected chi connectivity index (χ3v) is 4.43. The zero-order chi connectivity index (χ0) is 26.6. The molecule has 0 atom stereocenters. The van der Waals surface area contributed by atoms with E-state index in [1.54, 1.807) is 12.1 Å². The molecule has 0 aliphatic heterocycles. The van der Waals surface area contributed by atoms with E-state index in [1.807, 2.05) is 80.5 Å². The van der Waals surface area contributed by atoms with E-state index >= 15 is 0 Å². The molecule has 194 valence electrons. The number of nitrogens with one attached hydrogen (secondary N) is 2. The van der Waals surface area contributed by atoms with Crippen LogP contribution in [0.2, 0.25) is 0 Å². The van der Waals surface area contributed by atoms with Crippen molar-refractivity contribution < 1.29 is 19.1 Å². The quantitative estimate of drug-likeness (QED) is 0.509. The van der Waals surface area contributed by atoms with Gasteiger partial charge in [0.1, 0.15) is 5.60 Å². The summed E-state index contributed by atoms with van der Waals surface area (Å²) in [6.45, 7) is 19.0. The third kappa shape index (κ3) is 18.1. The molecule has 0 unspecified atom stereocenters. The van der Waals surface area contributed by atoms with Crippen molar-refractivity contribution in [1.29, 1.82) is 0 Å². The summed E-state index contributed by atoms with van der Waals surface area (Å²) in [5.74, 6) is 0.297. The molecule has 1 aromatic carbocycles. The van der Waals surface area contributed by atoms with Gasteiger partial charge in [0.15, 0.2) is 0 Å². The molecule has 1 aliphatic rings. The van der Waals surface area contributed by atoms with Crippen LogP contribution in [0.15, 0.2) is 30.3 Å². The lowest BCUT2D eigenvalue weighted by molar-refractivity contribution is -0.127. The zero-order valence-electron chi connectivity index (χ0n) is 23.1. The zero-order valence-corrected chi connectivity index (χ0v) is 23.1. The molecule has 0 heterocycles. The summed E-state index contributed by atoms with van der Waals surface area (Å²) >= 11 is 0. The summed E-state index contributed by atoms with van der Waals surface area (Å²) in [7, 11) is 0. The summed E-state index contributed by atoms with van der Waals surface area (Å²) in [5, 5.41) is 5.79. The molecule has 0 aromatic heterocycles. The van der Waals surface area contributed by atoms with Gasteiger partial charge < -0.3 is 15.4 Å². The summed E-state index contributed by atoms with van der Waals surface area (Å²) < 4.78 is 5.18. The average molecular weight is 477 g/mol. The number of rotatable bonds is 2. The van der Waals surface area contributed by atoms with Crippen molar-refractivity contribution in [3.8, 4) is 0 Å². The minimum atomic E-state index is -0.424. The average Bonchev–Trinajstić information content (AvgIpc) is 2.66. The van der Waals surface area contributed by atoms with Gasteiger partial charge in [-0.15, -0.1) is 0 Å². The topological polar surface area (TPSA) is 84.5 Å². The monoisotopic (exact) mass is 476 g/mol. The Morgan fingerprint density at radius 3 is 1.59 bits per heavy atom. The number of amides is 2. The van der Waals surface area contributed by atoms with Gasteiger partial charge >= 0.3 is 5.97 Å². The van der Waals surface area contributed by atoms with Crippen LogP contribution in [0.25, 0.3) is 0 Å². The number of benzene rings is 1. The van der Waals surface area contributed by atoms with Crippen molar-refractivity contribution in [2.24, 2.45) is 5.92 Å². The van der Waals surface area contributed by atoms with Crippen LogP contribution in [0.3, 0.4) is 0 Å². The van der Waals surface area contributed by atoms with E-state index in [2.05, 4.69) is 10.6 Å². The van der Waals surface area contributed by atoms with Crippen LogP contribution in [0.1, 0.15) is 112 Å². The molecule has 0 radical (unpaired) electrons. The minimum absolute atomic E-state index is 0.0255. The highest BCUT2D eigenvalue weighted by Crippen LogP contribution is 2.24. The second-order valence-corrected chi connectivity index (χ2v) is 11.9. The molecule has 6 heteroatoms. The van der Waals surface area contributed by atoms with Crippen molar-refractivity contribution in [2.45, 2.75) is 118 Å². The predicted octanol–water partition coefficient (Wildman–Crippen LogP) is 6.04. The highest BCUT2D eigenvalue weighted by Gasteiger charge is 2.24. The van der Waals surface area contributed by atoms with E-state index in [1.165, 1.54) is 26.2 Å². The smallest absolute Gasteiger partial charge is 0.338 e. The first-order valence-corrected chi connectivity index (χ1v) is 12.3. The van der Waals surface area contributed by atoms with E-state index in [0.29, 0.717) is 5.56 Å². The normalized spacial score (nSPS) is 14.4. The first-order valence-electron chi connectivity index (χ1n) is 12.3. The fraction of sp³-hybridized carbons (Fsp3) is 0.679. The molecule has 1 saturated carbocycles. The summed E-state index contributed by atoms with van der Waals surface area (Å²) in [5.41, 5.74) is 0.0187. The van der Waals surface area contributed by atoms with Gasteiger partial charge in [0.05, 0.1) is 5.56 Å². The summed E-state index contributed by atoms with van der Waals surface area (Å²) in [6.07, 6.45) is 5.92. The number of carbonyl (C=O) groups excluding carboxylic acids is 3. The van der Waals surface area contributed by atoms with Crippen LogP contribution in [-0.4, -0.2) is 34.5 Å². The number of hydrogen-bond donors (Lipinski definition) is 2. The number of ether oxygens (including phenoxy) is 1. The standard InChI is InChI=1S/C11H21NO.C11H14O2.C6H13NO/c1-11(2,3)12-10(13)9-7-5-4-6-8-9;1-11(2,3)13-10(12)9-7-5-4-6-8-9;1-5(8)7-6(2,3)4/h9H,4-8H2,1-3H3,(H,12,13);4-8H,1-3H3;1-4H3,(H,7,8). The van der Waals surface area contributed by atoms with E-state index in [-0.39, 0.29) is 34.8 Å². The molecule has 0 bridgehead atoms. The Bertz CT molecular complexity index is 747. The van der Waals surface area contributed by atoms with Crippen molar-refractivity contribution in [3.05, 3.63) is 35.9 Å². The highest BCUT2D eigenvalue weighted by atomic mass is 16.6. The van der Waals surface area contributed by atoms with Crippen LogP contribution >= 0.6 is 0 Å². The van der Waals surface area contributed by atoms with Crippen molar-refractivity contribution >= 4 is 17.8 Å². The maximum atomic E-state index is 11.7. The van der Waals surface area contributed by atoms with E-state index < -0.39 is 5.60 Å². The Morgan fingerprint density at radius 1 is 0.765 bits per heavy atom. The molecular formula is C28H48N2O4. The predicted molar refractivity (Wildman–Crippen MR) is 140 cm³/mol. The fourth-order valence-electron chi connectivity index (χ4n) is 3.28. The molecular weight excluding hydrogens is 428 g/mol. The lowest BCUT2D eigenvalue weighted by atomic mass is 9.88. The second kappa shape index (κ2) is 14.1. The van der Waals surface area contributed by atoms with E-state index in [9.17, 15) is 14.4 Å². The summed E-state index contributed by atoms with van der Waals surface area (Å²) in [4.78, 5) is 33.5. The van der Waals surface area contributed by atoms with Crippen LogP contribution in [0, 0.1) is 5.92 Å². The van der Waals surface area contributed by atoms with Gasteiger partial charge in [-0.25, -0.2) is 4.79 Å². The second-order valence-electron chi connectivity index (χ2n) is 11.9. The van der Waals surface area contributed by atoms with E-state index in [0.717, 1.165) is 12.8 Å². The van der Waals surface area contributed by atoms with Gasteiger partial charge in [0.25, 0.3) is 0 Å². The van der Waals surface area contributed by atoms with Gasteiger partial charge in [-0.05, 0) is 87.3 Å². The van der Waals surface area contributed by atoms with Crippen LogP contribution in [0.5, 0.6) is 0 Å². The third-order valence-electron chi connectivity index (χ3n) is 4.43. The lowest BCUT2D eigenvalue weighted by Gasteiger charge is -2.26. The van der Waals surface area contributed by atoms with Gasteiger partial charge in [0.2, 0.25) is 11.8 Å². The van der Waals surface area contributed by atoms with Gasteiger partial charge in [-0.1, -0.05) is 37.5 Å². The SMILES string of the molecule is CC(=O)NC(C)(C)C.CC(C)(C)NC(=O)C1CCCCC1.CC(C)(C)OC(=O)c1ccccc1. The molecule has 1 aliphatic carbocycles. The number of hydrogen-bond acceptors (Lipinski definition) is 4. The van der Waals surface area contributed by atoms with Crippen molar-refractivity contribution in [2.75, 3.05) is 0 Å². The summed E-state index contributed by atoms with van der Waals surface area (Å²) in [6, 6.07) is 8.99. The van der Waals surface area contributed by atoms with Crippen molar-refractivity contribution in [1.82, 2.24) is 10.6 Å². The molecule has 0 saturated heterocycles. The molecule has 2 rings (SSSR count). The van der Waals surface area contributed by atoms with Gasteiger partial charge in [-0.2, -0.15) is 0 Å². The largest absolute Gasteiger partial charge is 0.456 e. The van der Waals surface area contributed by atoms with Gasteiger partial charge in [-0.3, -0.25) is 9.59 Å². The van der Waals surface area contributed by atoms with Crippen LogP contribution < -0.4 is 10.6 Å². The van der Waals surface area contributed by atoms with Gasteiger partial charge in [0, 0.05) is 23.9 Å².